The SMILES string of the molecule is CN(C)c1ncc(CN)cc1OC1CC1. The third-order valence-corrected chi connectivity index (χ3v) is 2.37. The van der Waals surface area contributed by atoms with Crippen LogP contribution in [0.15, 0.2) is 12.3 Å². The Hall–Kier alpha value is -1.29. The molecule has 4 nitrogen and oxygen atoms in total. The van der Waals surface area contributed by atoms with Crippen molar-refractivity contribution in [3.8, 4) is 5.75 Å². The molecule has 0 saturated heterocycles. The second-order valence-electron chi connectivity index (χ2n) is 4.08. The first kappa shape index (κ1) is 10.2. The van der Waals surface area contributed by atoms with E-state index in [1.54, 1.807) is 6.20 Å². The predicted octanol–water partition coefficient (Wildman–Crippen LogP) is 1.15. The van der Waals surface area contributed by atoms with Gasteiger partial charge in [0.2, 0.25) is 0 Å². The van der Waals surface area contributed by atoms with E-state index in [1.165, 1.54) is 0 Å². The quantitative estimate of drug-likeness (QED) is 0.804. The van der Waals surface area contributed by atoms with Crippen molar-refractivity contribution in [1.29, 1.82) is 0 Å². The molecule has 0 aromatic carbocycles. The maximum atomic E-state index is 5.80. The van der Waals surface area contributed by atoms with Crippen LogP contribution in [0.3, 0.4) is 0 Å². The van der Waals surface area contributed by atoms with E-state index in [1.807, 2.05) is 25.1 Å². The van der Waals surface area contributed by atoms with Gasteiger partial charge in [-0.1, -0.05) is 0 Å². The fraction of sp³-hybridized carbons (Fsp3) is 0.545. The Labute approximate surface area is 90.0 Å². The van der Waals surface area contributed by atoms with E-state index in [0.29, 0.717) is 12.6 Å². The van der Waals surface area contributed by atoms with Gasteiger partial charge in [0.05, 0.1) is 6.10 Å². The van der Waals surface area contributed by atoms with Crippen LogP contribution >= 0.6 is 0 Å². The molecule has 1 aliphatic rings. The average Bonchev–Trinajstić information content (AvgIpc) is 3.01. The largest absolute Gasteiger partial charge is 0.487 e. The molecule has 0 unspecified atom stereocenters. The Kier molecular flexibility index (Phi) is 2.77. The molecule has 1 aromatic heterocycles. The van der Waals surface area contributed by atoms with E-state index in [2.05, 4.69) is 4.98 Å². The molecule has 1 aromatic rings. The minimum Gasteiger partial charge on any atom is -0.487 e. The van der Waals surface area contributed by atoms with Crippen LogP contribution < -0.4 is 15.4 Å². The highest BCUT2D eigenvalue weighted by molar-refractivity contribution is 5.52. The summed E-state index contributed by atoms with van der Waals surface area (Å²) in [5, 5.41) is 0. The molecule has 0 amide bonds. The molecule has 15 heavy (non-hydrogen) atoms. The second-order valence-corrected chi connectivity index (χ2v) is 4.08. The molecular formula is C11H17N3O. The number of ether oxygens (including phenoxy) is 1. The number of nitrogens with zero attached hydrogens (tertiary/aromatic N) is 2. The van der Waals surface area contributed by atoms with Gasteiger partial charge in [-0.05, 0) is 24.5 Å². The first-order valence-corrected chi connectivity index (χ1v) is 5.23. The normalized spacial score (nSPS) is 15.1. The van der Waals surface area contributed by atoms with Gasteiger partial charge in [-0.15, -0.1) is 0 Å². The Morgan fingerprint density at radius 3 is 2.80 bits per heavy atom. The zero-order chi connectivity index (χ0) is 10.8. The van der Waals surface area contributed by atoms with Crippen molar-refractivity contribution < 1.29 is 4.74 Å². The summed E-state index contributed by atoms with van der Waals surface area (Å²) in [6.07, 6.45) is 4.49. The minimum atomic E-state index is 0.388. The van der Waals surface area contributed by atoms with Crippen LogP contribution in [0.2, 0.25) is 0 Å². The molecule has 1 saturated carbocycles. The van der Waals surface area contributed by atoms with Crippen LogP contribution in [0.25, 0.3) is 0 Å². The minimum absolute atomic E-state index is 0.388. The van der Waals surface area contributed by atoms with Crippen molar-refractivity contribution in [3.63, 3.8) is 0 Å². The topological polar surface area (TPSA) is 51.4 Å². The van der Waals surface area contributed by atoms with Crippen LogP contribution in [-0.2, 0) is 6.54 Å². The molecular weight excluding hydrogens is 190 g/mol. The van der Waals surface area contributed by atoms with Crippen molar-refractivity contribution in [3.05, 3.63) is 17.8 Å². The fourth-order valence-electron chi connectivity index (χ4n) is 1.38. The lowest BCUT2D eigenvalue weighted by Gasteiger charge is -2.17. The third kappa shape index (κ3) is 2.39. The van der Waals surface area contributed by atoms with Gasteiger partial charge in [0.25, 0.3) is 0 Å². The van der Waals surface area contributed by atoms with Crippen molar-refractivity contribution in [2.75, 3.05) is 19.0 Å². The van der Waals surface area contributed by atoms with Crippen molar-refractivity contribution >= 4 is 5.82 Å². The summed E-state index contributed by atoms with van der Waals surface area (Å²) < 4.78 is 5.80. The summed E-state index contributed by atoms with van der Waals surface area (Å²) in [5.41, 5.74) is 6.59. The average molecular weight is 207 g/mol. The van der Waals surface area contributed by atoms with E-state index in [-0.39, 0.29) is 0 Å². The number of pyridine rings is 1. The number of hydrogen-bond acceptors (Lipinski definition) is 4. The predicted molar refractivity (Wildman–Crippen MR) is 60.1 cm³/mol. The summed E-state index contributed by atoms with van der Waals surface area (Å²) in [6.45, 7) is 0.502. The highest BCUT2D eigenvalue weighted by Gasteiger charge is 2.25. The van der Waals surface area contributed by atoms with Gasteiger partial charge in [-0.3, -0.25) is 0 Å². The molecule has 2 rings (SSSR count). The van der Waals surface area contributed by atoms with Gasteiger partial charge in [-0.2, -0.15) is 0 Å². The highest BCUT2D eigenvalue weighted by atomic mass is 16.5. The maximum absolute atomic E-state index is 5.80. The molecule has 0 atom stereocenters. The van der Waals surface area contributed by atoms with Crippen molar-refractivity contribution in [2.45, 2.75) is 25.5 Å². The van der Waals surface area contributed by atoms with Gasteiger partial charge in [0.15, 0.2) is 11.6 Å². The zero-order valence-electron chi connectivity index (χ0n) is 9.23. The number of rotatable bonds is 4. The van der Waals surface area contributed by atoms with E-state index in [0.717, 1.165) is 30.0 Å². The van der Waals surface area contributed by atoms with E-state index in [4.69, 9.17) is 10.5 Å². The van der Waals surface area contributed by atoms with Crippen LogP contribution in [0, 0.1) is 0 Å². The van der Waals surface area contributed by atoms with Gasteiger partial charge in [-0.25, -0.2) is 4.98 Å². The maximum Gasteiger partial charge on any atom is 0.170 e. The fourth-order valence-corrected chi connectivity index (χ4v) is 1.38. The van der Waals surface area contributed by atoms with Gasteiger partial charge < -0.3 is 15.4 Å². The van der Waals surface area contributed by atoms with Crippen LogP contribution in [0.1, 0.15) is 18.4 Å². The number of anilines is 1. The highest BCUT2D eigenvalue weighted by Crippen LogP contribution is 2.32. The van der Waals surface area contributed by atoms with Crippen LogP contribution in [0.4, 0.5) is 5.82 Å². The number of aromatic nitrogens is 1. The molecule has 1 fully saturated rings. The number of hydrogen-bond donors (Lipinski definition) is 1. The Bertz CT molecular complexity index is 348. The molecule has 1 aliphatic carbocycles. The van der Waals surface area contributed by atoms with Crippen molar-refractivity contribution in [2.24, 2.45) is 5.73 Å². The third-order valence-electron chi connectivity index (χ3n) is 2.37. The molecule has 0 radical (unpaired) electrons. The standard InChI is InChI=1S/C11H17N3O/c1-14(2)11-10(15-9-3-4-9)5-8(6-12)7-13-11/h5,7,9H,3-4,6,12H2,1-2H3. The Morgan fingerprint density at radius 2 is 2.27 bits per heavy atom. The second kappa shape index (κ2) is 4.06. The van der Waals surface area contributed by atoms with Crippen LogP contribution in [0.5, 0.6) is 5.75 Å². The smallest absolute Gasteiger partial charge is 0.170 e. The summed E-state index contributed by atoms with van der Waals surface area (Å²) in [7, 11) is 3.93. The molecule has 2 N–H and O–H groups in total. The summed E-state index contributed by atoms with van der Waals surface area (Å²) in [4.78, 5) is 6.31. The first-order chi connectivity index (χ1) is 7.20. The summed E-state index contributed by atoms with van der Waals surface area (Å²) in [5.74, 6) is 1.73. The molecule has 0 spiro atoms. The first-order valence-electron chi connectivity index (χ1n) is 5.23. The van der Waals surface area contributed by atoms with Crippen molar-refractivity contribution in [1.82, 2.24) is 4.98 Å². The van der Waals surface area contributed by atoms with E-state index in [9.17, 15) is 0 Å². The molecule has 0 aliphatic heterocycles. The molecule has 0 bridgehead atoms. The lowest BCUT2D eigenvalue weighted by molar-refractivity contribution is 0.302. The van der Waals surface area contributed by atoms with Gasteiger partial charge in [0.1, 0.15) is 0 Å². The Morgan fingerprint density at radius 1 is 1.53 bits per heavy atom. The lowest BCUT2D eigenvalue weighted by atomic mass is 10.2. The zero-order valence-corrected chi connectivity index (χ0v) is 9.23. The monoisotopic (exact) mass is 207 g/mol. The van der Waals surface area contributed by atoms with E-state index < -0.39 is 0 Å². The Balaban J connectivity index is 2.26. The molecule has 82 valence electrons. The molecule has 4 heteroatoms. The molecule has 1 heterocycles. The van der Waals surface area contributed by atoms with Gasteiger partial charge in [0, 0.05) is 26.8 Å². The number of nitrogens with two attached hydrogens (primary N) is 1. The summed E-state index contributed by atoms with van der Waals surface area (Å²) in [6, 6.07) is 1.99. The lowest BCUT2D eigenvalue weighted by Crippen LogP contribution is -2.14. The van der Waals surface area contributed by atoms with Crippen LogP contribution in [-0.4, -0.2) is 25.2 Å². The van der Waals surface area contributed by atoms with Gasteiger partial charge >= 0.3 is 0 Å². The van der Waals surface area contributed by atoms with E-state index >= 15 is 0 Å². The summed E-state index contributed by atoms with van der Waals surface area (Å²) >= 11 is 0.